The molecular formula is C20H30O4. The van der Waals surface area contributed by atoms with E-state index in [1.807, 2.05) is 41.5 Å². The van der Waals surface area contributed by atoms with Gasteiger partial charge < -0.3 is 9.47 Å². The monoisotopic (exact) mass is 334 g/mol. The zero-order valence-corrected chi connectivity index (χ0v) is 15.9. The van der Waals surface area contributed by atoms with Gasteiger partial charge in [0.05, 0.1) is 0 Å². The highest BCUT2D eigenvalue weighted by atomic mass is 16.5. The van der Waals surface area contributed by atoms with E-state index in [-0.39, 0.29) is 48.8 Å². The molecule has 0 aromatic carbocycles. The van der Waals surface area contributed by atoms with Crippen molar-refractivity contribution in [1.82, 2.24) is 0 Å². The second kappa shape index (κ2) is 10.8. The normalized spacial score (nSPS) is 10.8. The van der Waals surface area contributed by atoms with Gasteiger partial charge in [-0.1, -0.05) is 23.7 Å². The maximum absolute atomic E-state index is 11.5. The van der Waals surface area contributed by atoms with Gasteiger partial charge in [-0.15, -0.1) is 0 Å². The van der Waals surface area contributed by atoms with Gasteiger partial charge in [-0.3, -0.25) is 9.59 Å². The summed E-state index contributed by atoms with van der Waals surface area (Å²) in [6.07, 6.45) is 1.76. The van der Waals surface area contributed by atoms with Gasteiger partial charge in [0.2, 0.25) is 0 Å². The van der Waals surface area contributed by atoms with E-state index in [9.17, 15) is 9.59 Å². The molecule has 0 amide bonds. The van der Waals surface area contributed by atoms with Crippen LogP contribution in [0.25, 0.3) is 0 Å². The number of esters is 2. The van der Waals surface area contributed by atoms with Gasteiger partial charge >= 0.3 is 11.9 Å². The number of unbranched alkanes of at least 4 members (excludes halogenated alkanes) is 1. The first kappa shape index (κ1) is 22.1. The second-order valence-electron chi connectivity index (χ2n) is 7.63. The second-order valence-corrected chi connectivity index (χ2v) is 7.63. The van der Waals surface area contributed by atoms with E-state index in [0.717, 1.165) is 0 Å². The summed E-state index contributed by atoms with van der Waals surface area (Å²) < 4.78 is 10.0. The van der Waals surface area contributed by atoms with E-state index in [1.54, 1.807) is 0 Å². The molecule has 4 nitrogen and oxygen atoms in total. The zero-order valence-electron chi connectivity index (χ0n) is 15.9. The third-order valence-electron chi connectivity index (χ3n) is 2.55. The first-order valence-corrected chi connectivity index (χ1v) is 8.31. The van der Waals surface area contributed by atoms with Crippen molar-refractivity contribution in [2.24, 2.45) is 10.8 Å². The summed E-state index contributed by atoms with van der Waals surface area (Å²) in [6, 6.07) is 0. The maximum Gasteiger partial charge on any atom is 0.306 e. The smallest absolute Gasteiger partial charge is 0.306 e. The average molecular weight is 334 g/mol. The van der Waals surface area contributed by atoms with Crippen LogP contribution < -0.4 is 0 Å². The fourth-order valence-electron chi connectivity index (χ4n) is 1.52. The van der Waals surface area contributed by atoms with Gasteiger partial charge in [-0.05, 0) is 54.4 Å². The summed E-state index contributed by atoms with van der Waals surface area (Å²) in [5.41, 5.74) is -0.186. The Balaban J connectivity index is 3.73. The van der Waals surface area contributed by atoms with Gasteiger partial charge in [-0.25, -0.2) is 0 Å². The SMILES string of the molecule is CC(C)(C)C#CCOC(=O)CCCCC(=O)OCC#CC(C)(C)C. The average Bonchev–Trinajstić information content (AvgIpc) is 2.42. The van der Waals surface area contributed by atoms with Crippen LogP contribution in [-0.4, -0.2) is 25.2 Å². The van der Waals surface area contributed by atoms with Crippen molar-refractivity contribution in [1.29, 1.82) is 0 Å². The molecule has 4 heteroatoms. The number of rotatable bonds is 7. The largest absolute Gasteiger partial charge is 0.452 e. The lowest BCUT2D eigenvalue weighted by atomic mass is 9.98. The minimum atomic E-state index is -0.289. The number of hydrogen-bond donors (Lipinski definition) is 0. The van der Waals surface area contributed by atoms with Crippen molar-refractivity contribution in [3.05, 3.63) is 0 Å². The number of ether oxygens (including phenoxy) is 2. The maximum atomic E-state index is 11.5. The summed E-state index contributed by atoms with van der Waals surface area (Å²) in [5, 5.41) is 0. The third-order valence-corrected chi connectivity index (χ3v) is 2.55. The van der Waals surface area contributed by atoms with E-state index in [2.05, 4.69) is 23.7 Å². The molecule has 0 N–H and O–H groups in total. The first-order valence-electron chi connectivity index (χ1n) is 8.31. The van der Waals surface area contributed by atoms with Gasteiger partial charge in [0.1, 0.15) is 0 Å². The lowest BCUT2D eigenvalue weighted by Crippen LogP contribution is -2.08. The van der Waals surface area contributed by atoms with Crippen molar-refractivity contribution >= 4 is 11.9 Å². The minimum Gasteiger partial charge on any atom is -0.452 e. The zero-order chi connectivity index (χ0) is 18.6. The molecular weight excluding hydrogens is 304 g/mol. The molecule has 0 spiro atoms. The van der Waals surface area contributed by atoms with E-state index in [1.165, 1.54) is 0 Å². The summed E-state index contributed by atoms with van der Waals surface area (Å²) in [7, 11) is 0. The van der Waals surface area contributed by atoms with Crippen LogP contribution >= 0.6 is 0 Å². The molecule has 0 rings (SSSR count). The Morgan fingerprint density at radius 3 is 1.33 bits per heavy atom. The van der Waals surface area contributed by atoms with Crippen LogP contribution in [0.1, 0.15) is 67.2 Å². The van der Waals surface area contributed by atoms with Crippen molar-refractivity contribution in [3.8, 4) is 23.7 Å². The molecule has 24 heavy (non-hydrogen) atoms. The fourth-order valence-corrected chi connectivity index (χ4v) is 1.52. The quantitative estimate of drug-likeness (QED) is 0.404. The van der Waals surface area contributed by atoms with Crippen LogP contribution in [0.2, 0.25) is 0 Å². The molecule has 134 valence electrons. The Hall–Kier alpha value is -1.94. The standard InChI is InChI=1S/C20H30O4/c1-19(2,3)13-9-15-23-17(21)11-7-8-12-18(22)24-16-10-14-20(4,5)6/h7-8,11-12,15-16H2,1-6H3. The van der Waals surface area contributed by atoms with E-state index in [4.69, 9.17) is 9.47 Å². The Bertz CT molecular complexity index is 474. The number of carbonyl (C=O) groups excluding carboxylic acids is 2. The molecule has 0 aromatic heterocycles. The fraction of sp³-hybridized carbons (Fsp3) is 0.700. The van der Waals surface area contributed by atoms with E-state index in [0.29, 0.717) is 12.8 Å². The Morgan fingerprint density at radius 2 is 1.04 bits per heavy atom. The Kier molecular flexibility index (Phi) is 9.89. The predicted molar refractivity (Wildman–Crippen MR) is 94.8 cm³/mol. The molecule has 0 aromatic rings. The molecule has 0 atom stereocenters. The summed E-state index contributed by atoms with van der Waals surface area (Å²) >= 11 is 0. The Morgan fingerprint density at radius 1 is 0.708 bits per heavy atom. The van der Waals surface area contributed by atoms with Crippen LogP contribution in [0.4, 0.5) is 0 Å². The summed E-state index contributed by atoms with van der Waals surface area (Å²) in [6.45, 7) is 12.2. The first-order chi connectivity index (χ1) is 11.0. The molecule has 0 heterocycles. The predicted octanol–water partition coefficient (Wildman–Crippen LogP) is 3.73. The van der Waals surface area contributed by atoms with E-state index < -0.39 is 0 Å². The topological polar surface area (TPSA) is 52.6 Å². The summed E-state index contributed by atoms with van der Waals surface area (Å²) in [4.78, 5) is 23.0. The van der Waals surface area contributed by atoms with Crippen molar-refractivity contribution < 1.29 is 19.1 Å². The van der Waals surface area contributed by atoms with Crippen LogP contribution in [-0.2, 0) is 19.1 Å². The highest BCUT2D eigenvalue weighted by Gasteiger charge is 2.07. The Labute approximate surface area is 146 Å². The van der Waals surface area contributed by atoms with Gasteiger partial charge in [-0.2, -0.15) is 0 Å². The molecule has 0 saturated heterocycles. The summed E-state index contributed by atoms with van der Waals surface area (Å²) in [5.74, 6) is 11.1. The lowest BCUT2D eigenvalue weighted by molar-refractivity contribution is -0.144. The highest BCUT2D eigenvalue weighted by molar-refractivity contribution is 5.70. The van der Waals surface area contributed by atoms with Crippen molar-refractivity contribution in [3.63, 3.8) is 0 Å². The number of hydrogen-bond acceptors (Lipinski definition) is 4. The van der Waals surface area contributed by atoms with Crippen LogP contribution in [0.5, 0.6) is 0 Å². The third kappa shape index (κ3) is 16.4. The molecule has 0 aliphatic rings. The van der Waals surface area contributed by atoms with Gasteiger partial charge in [0.25, 0.3) is 0 Å². The van der Waals surface area contributed by atoms with Crippen molar-refractivity contribution in [2.45, 2.75) is 67.2 Å². The molecule has 0 unspecified atom stereocenters. The van der Waals surface area contributed by atoms with Crippen molar-refractivity contribution in [2.75, 3.05) is 13.2 Å². The van der Waals surface area contributed by atoms with Gasteiger partial charge in [0, 0.05) is 23.7 Å². The van der Waals surface area contributed by atoms with Crippen LogP contribution in [0.3, 0.4) is 0 Å². The molecule has 0 saturated carbocycles. The van der Waals surface area contributed by atoms with Crippen LogP contribution in [0, 0.1) is 34.5 Å². The minimum absolute atomic E-state index is 0.0932. The van der Waals surface area contributed by atoms with Gasteiger partial charge in [0.15, 0.2) is 13.2 Å². The molecule has 0 aliphatic heterocycles. The highest BCUT2D eigenvalue weighted by Crippen LogP contribution is 2.10. The molecule has 0 fully saturated rings. The van der Waals surface area contributed by atoms with Crippen LogP contribution in [0.15, 0.2) is 0 Å². The van der Waals surface area contributed by atoms with E-state index >= 15 is 0 Å². The molecule has 0 aliphatic carbocycles. The number of carbonyl (C=O) groups is 2. The molecule has 0 radical (unpaired) electrons. The molecule has 0 bridgehead atoms. The lowest BCUT2D eigenvalue weighted by Gasteiger charge is -2.07.